The molecule has 144 valence electrons. The van der Waals surface area contributed by atoms with E-state index in [2.05, 4.69) is 5.43 Å². The van der Waals surface area contributed by atoms with Crippen molar-refractivity contribution in [2.75, 3.05) is 0 Å². The maximum Gasteiger partial charge on any atom is 0.271 e. The Bertz CT molecular complexity index is 747. The molecular formula is C14H17Cl2FN4OS4. The lowest BCUT2D eigenvalue weighted by Crippen LogP contribution is -2.30. The number of rotatable bonds is 6. The minimum Gasteiger partial charge on any atom is -0.465 e. The van der Waals surface area contributed by atoms with E-state index in [0.717, 1.165) is 32.0 Å². The van der Waals surface area contributed by atoms with Gasteiger partial charge in [0.25, 0.3) is 5.17 Å². The van der Waals surface area contributed by atoms with Crippen molar-refractivity contribution < 1.29 is 9.13 Å². The molecule has 5 nitrogen and oxygen atoms in total. The molecule has 0 spiro atoms. The van der Waals surface area contributed by atoms with Crippen LogP contribution < -0.4 is 17.0 Å². The third-order valence-electron chi connectivity index (χ3n) is 2.79. The quantitative estimate of drug-likeness (QED) is 0.163. The van der Waals surface area contributed by atoms with E-state index in [9.17, 15) is 4.39 Å². The van der Waals surface area contributed by atoms with Gasteiger partial charge < -0.3 is 10.5 Å². The molecule has 0 aliphatic carbocycles. The predicted octanol–water partition coefficient (Wildman–Crippen LogP) is 4.27. The molecule has 0 aliphatic heterocycles. The van der Waals surface area contributed by atoms with Crippen LogP contribution in [0.1, 0.15) is 11.1 Å². The molecule has 2 rings (SSSR count). The predicted molar refractivity (Wildman–Crippen MR) is 117 cm³/mol. The highest BCUT2D eigenvalue weighted by Gasteiger charge is 2.12. The largest absolute Gasteiger partial charge is 0.465 e. The average molecular weight is 475 g/mol. The van der Waals surface area contributed by atoms with Crippen molar-refractivity contribution in [1.82, 2.24) is 5.43 Å². The number of hydrogen-bond acceptors (Lipinski definition) is 7. The second-order valence-electron chi connectivity index (χ2n) is 4.46. The number of halogens is 3. The zero-order valence-corrected chi connectivity index (χ0v) is 18.1. The molecule has 1 aromatic heterocycles. The Morgan fingerprint density at radius 1 is 1.31 bits per heavy atom. The standard InChI is InChI=1S/C14H15FN4OS4.2ClH/c15-10-1-2-11(9(5-10)7-23-13(16)17)24-12-8(3-4-22-12)6-20-14(21)19-18;;/h1-5H,6-7,18H2,(H3,16,17)(H,19,21);2*1H. The fourth-order valence-corrected chi connectivity index (χ4v) is 4.54. The molecule has 0 fully saturated rings. The van der Waals surface area contributed by atoms with Crippen LogP contribution >= 0.6 is 71.9 Å². The summed E-state index contributed by atoms with van der Waals surface area (Å²) in [4.78, 5) is 0.911. The van der Waals surface area contributed by atoms with E-state index < -0.39 is 0 Å². The van der Waals surface area contributed by atoms with Crippen LogP contribution in [0, 0.1) is 11.2 Å². The number of hydrogen-bond donors (Lipinski definition) is 4. The fraction of sp³-hybridized carbons (Fsp3) is 0.143. The van der Waals surface area contributed by atoms with Gasteiger partial charge >= 0.3 is 0 Å². The first-order valence-corrected chi connectivity index (χ1v) is 9.71. The monoisotopic (exact) mass is 474 g/mol. The fourth-order valence-electron chi connectivity index (χ4n) is 1.72. The Labute approximate surface area is 181 Å². The van der Waals surface area contributed by atoms with Crippen molar-refractivity contribution in [3.63, 3.8) is 0 Å². The highest BCUT2D eigenvalue weighted by atomic mass is 35.5. The number of nitrogens with one attached hydrogen (secondary N) is 2. The highest BCUT2D eigenvalue weighted by Crippen LogP contribution is 2.38. The van der Waals surface area contributed by atoms with E-state index >= 15 is 0 Å². The summed E-state index contributed by atoms with van der Waals surface area (Å²) >= 11 is 9.10. The van der Waals surface area contributed by atoms with Crippen LogP contribution in [0.5, 0.6) is 0 Å². The first kappa shape index (κ1) is 25.2. The number of thiophene rings is 1. The third-order valence-corrected chi connectivity index (χ3v) is 6.15. The van der Waals surface area contributed by atoms with Crippen LogP contribution in [0.3, 0.4) is 0 Å². The molecule has 0 amide bonds. The zero-order valence-electron chi connectivity index (χ0n) is 13.2. The second-order valence-corrected chi connectivity index (χ2v) is 8.08. The molecule has 26 heavy (non-hydrogen) atoms. The van der Waals surface area contributed by atoms with E-state index in [4.69, 9.17) is 33.9 Å². The summed E-state index contributed by atoms with van der Waals surface area (Å²) in [7, 11) is 0. The van der Waals surface area contributed by atoms with Crippen LogP contribution in [-0.4, -0.2) is 10.3 Å². The van der Waals surface area contributed by atoms with Crippen molar-refractivity contribution in [2.45, 2.75) is 21.5 Å². The smallest absolute Gasteiger partial charge is 0.271 e. The topological polar surface area (TPSA) is 97.2 Å². The second kappa shape index (κ2) is 12.6. The molecule has 0 aliphatic rings. The van der Waals surface area contributed by atoms with Crippen molar-refractivity contribution in [2.24, 2.45) is 11.6 Å². The van der Waals surface area contributed by atoms with Crippen LogP contribution in [-0.2, 0) is 17.1 Å². The van der Waals surface area contributed by atoms with Gasteiger partial charge in [-0.05, 0) is 47.4 Å². The molecule has 0 unspecified atom stereocenters. The zero-order chi connectivity index (χ0) is 17.5. The lowest BCUT2D eigenvalue weighted by Gasteiger charge is -2.10. The van der Waals surface area contributed by atoms with Gasteiger partial charge in [-0.1, -0.05) is 23.5 Å². The van der Waals surface area contributed by atoms with E-state index in [1.807, 2.05) is 11.4 Å². The summed E-state index contributed by atoms with van der Waals surface area (Å²) in [5.74, 6) is 5.31. The molecule has 0 saturated heterocycles. The average Bonchev–Trinajstić information content (AvgIpc) is 2.99. The Hall–Kier alpha value is -0.750. The number of benzene rings is 1. The van der Waals surface area contributed by atoms with Gasteiger partial charge in [-0.15, -0.1) is 36.2 Å². The SMILES string of the molecule is Cl.Cl.N=C(N)SCc1cc(F)ccc1Sc1sccc1COC(=S)NN. The van der Waals surface area contributed by atoms with Gasteiger partial charge in [0.2, 0.25) is 0 Å². The summed E-state index contributed by atoms with van der Waals surface area (Å²) in [5.41, 5.74) is 9.40. The maximum atomic E-state index is 13.5. The molecule has 1 heterocycles. The summed E-state index contributed by atoms with van der Waals surface area (Å²) in [6, 6.07) is 6.56. The van der Waals surface area contributed by atoms with E-state index in [1.165, 1.54) is 23.9 Å². The third kappa shape index (κ3) is 7.87. The first-order valence-electron chi connectivity index (χ1n) is 6.62. The molecule has 12 heteroatoms. The van der Waals surface area contributed by atoms with Crippen LogP contribution in [0.4, 0.5) is 4.39 Å². The Morgan fingerprint density at radius 2 is 2.04 bits per heavy atom. The van der Waals surface area contributed by atoms with Gasteiger partial charge in [0.15, 0.2) is 5.17 Å². The molecule has 0 saturated carbocycles. The minimum absolute atomic E-state index is 0. The number of thioether (sulfide) groups is 1. The molecular weight excluding hydrogens is 458 g/mol. The molecule has 6 N–H and O–H groups in total. The van der Waals surface area contributed by atoms with Crippen LogP contribution in [0.25, 0.3) is 0 Å². The van der Waals surface area contributed by atoms with Gasteiger partial charge in [0, 0.05) is 16.2 Å². The van der Waals surface area contributed by atoms with Crippen LogP contribution in [0.2, 0.25) is 0 Å². The summed E-state index contributed by atoms with van der Waals surface area (Å²) in [5, 5.41) is 9.39. The van der Waals surface area contributed by atoms with Gasteiger partial charge in [-0.2, -0.15) is 0 Å². The van der Waals surface area contributed by atoms with Crippen molar-refractivity contribution in [1.29, 1.82) is 5.41 Å². The maximum absolute atomic E-state index is 13.5. The number of amidine groups is 1. The van der Waals surface area contributed by atoms with E-state index in [-0.39, 0.29) is 41.0 Å². The number of hydrazine groups is 1. The summed E-state index contributed by atoms with van der Waals surface area (Å²) in [6.07, 6.45) is 0. The lowest BCUT2D eigenvalue weighted by molar-refractivity contribution is 0.285. The Morgan fingerprint density at radius 3 is 2.69 bits per heavy atom. The van der Waals surface area contributed by atoms with Gasteiger partial charge in [0.1, 0.15) is 12.4 Å². The molecule has 0 radical (unpaired) electrons. The van der Waals surface area contributed by atoms with E-state index in [0.29, 0.717) is 12.4 Å². The van der Waals surface area contributed by atoms with Crippen molar-refractivity contribution >= 4 is 82.2 Å². The molecule has 0 atom stereocenters. The number of nitrogens with two attached hydrogens (primary N) is 2. The van der Waals surface area contributed by atoms with E-state index in [1.54, 1.807) is 17.4 Å². The summed E-state index contributed by atoms with van der Waals surface area (Å²) in [6.45, 7) is 0.299. The summed E-state index contributed by atoms with van der Waals surface area (Å²) < 4.78 is 19.9. The molecule has 0 bridgehead atoms. The Balaban J connectivity index is 0.00000312. The molecule has 2 aromatic rings. The number of ether oxygens (including phenoxy) is 1. The first-order chi connectivity index (χ1) is 11.5. The number of thiocarbonyl (C=S) groups is 1. The minimum atomic E-state index is -0.312. The molecule has 1 aromatic carbocycles. The van der Waals surface area contributed by atoms with Gasteiger partial charge in [-0.25, -0.2) is 10.2 Å². The highest BCUT2D eigenvalue weighted by molar-refractivity contribution is 8.13. The Kier molecular flexibility index (Phi) is 12.2. The van der Waals surface area contributed by atoms with Gasteiger partial charge in [-0.3, -0.25) is 10.8 Å². The van der Waals surface area contributed by atoms with Crippen LogP contribution in [0.15, 0.2) is 38.8 Å². The van der Waals surface area contributed by atoms with Gasteiger partial charge in [0.05, 0.1) is 4.21 Å². The lowest BCUT2D eigenvalue weighted by atomic mass is 10.2. The van der Waals surface area contributed by atoms with Crippen molar-refractivity contribution in [3.05, 3.63) is 46.6 Å². The normalized spacial score (nSPS) is 9.62. The van der Waals surface area contributed by atoms with Crippen molar-refractivity contribution in [3.8, 4) is 0 Å².